The van der Waals surface area contributed by atoms with Crippen molar-refractivity contribution in [2.45, 2.75) is 24.8 Å². The van der Waals surface area contributed by atoms with Gasteiger partial charge in [0, 0.05) is 17.7 Å². The molecule has 0 radical (unpaired) electrons. The number of carbonyl (C=O) groups is 1. The molecule has 3 aromatic rings. The summed E-state index contributed by atoms with van der Waals surface area (Å²) < 4.78 is 22.9. The lowest BCUT2D eigenvalue weighted by atomic mass is 9.78. The lowest BCUT2D eigenvalue weighted by Crippen LogP contribution is -2.27. The molecule has 0 unspecified atom stereocenters. The molecule has 0 saturated heterocycles. The van der Waals surface area contributed by atoms with Crippen LogP contribution in [0, 0.1) is 0 Å². The Morgan fingerprint density at radius 2 is 1.46 bits per heavy atom. The van der Waals surface area contributed by atoms with Crippen LogP contribution >= 0.6 is 15.9 Å². The number of allylic oxidation sites excluding steroid dienone is 1. The van der Waals surface area contributed by atoms with Gasteiger partial charge in [-0.25, -0.2) is 0 Å². The number of Topliss-reactive ketones (excluding diaryl/α,β-unsaturated/α-hetero) is 1. The molecule has 2 aliphatic rings. The van der Waals surface area contributed by atoms with E-state index in [2.05, 4.69) is 26.6 Å². The number of para-hydroxylation sites is 2. The quantitative estimate of drug-likeness (QED) is 0.355. The van der Waals surface area contributed by atoms with Crippen molar-refractivity contribution in [3.8, 4) is 23.0 Å². The fourth-order valence-electron chi connectivity index (χ4n) is 5.18. The first-order valence-corrected chi connectivity index (χ1v) is 12.8. The zero-order valence-corrected chi connectivity index (χ0v) is 22.8. The Morgan fingerprint density at radius 1 is 0.784 bits per heavy atom. The first kappa shape index (κ1) is 25.0. The maximum Gasteiger partial charge on any atom is 0.203 e. The van der Waals surface area contributed by atoms with Crippen molar-refractivity contribution in [1.29, 1.82) is 0 Å². The highest BCUT2D eigenvalue weighted by atomic mass is 79.9. The number of ketones is 1. The summed E-state index contributed by atoms with van der Waals surface area (Å²) in [5, 5.41) is 7.20. The molecular weight excluding hydrogens is 536 g/mol. The van der Waals surface area contributed by atoms with Crippen molar-refractivity contribution < 1.29 is 23.7 Å². The van der Waals surface area contributed by atoms with E-state index >= 15 is 0 Å². The average molecular weight is 565 g/mol. The van der Waals surface area contributed by atoms with Gasteiger partial charge >= 0.3 is 0 Å². The van der Waals surface area contributed by atoms with Gasteiger partial charge in [-0.15, -0.1) is 0 Å². The van der Waals surface area contributed by atoms with Crippen LogP contribution in [0.2, 0.25) is 0 Å². The van der Waals surface area contributed by atoms with Gasteiger partial charge in [-0.2, -0.15) is 0 Å². The van der Waals surface area contributed by atoms with Gasteiger partial charge in [-0.1, -0.05) is 18.2 Å². The summed E-state index contributed by atoms with van der Waals surface area (Å²) in [6.45, 7) is 0. The lowest BCUT2D eigenvalue weighted by Gasteiger charge is -2.30. The largest absolute Gasteiger partial charge is 0.496 e. The van der Waals surface area contributed by atoms with Gasteiger partial charge in [0.25, 0.3) is 0 Å². The Hall–Kier alpha value is -3.65. The average Bonchev–Trinajstić information content (AvgIpc) is 3.09. The Labute approximate surface area is 224 Å². The summed E-state index contributed by atoms with van der Waals surface area (Å²) in [4.78, 5) is 13.9. The second-order valence-electron chi connectivity index (χ2n) is 9.02. The highest BCUT2D eigenvalue weighted by molar-refractivity contribution is 9.10. The second kappa shape index (κ2) is 10.4. The third-order valence-electron chi connectivity index (χ3n) is 6.98. The van der Waals surface area contributed by atoms with Crippen molar-refractivity contribution in [1.82, 2.24) is 0 Å². The molecule has 8 heteroatoms. The number of ether oxygens (including phenoxy) is 4. The van der Waals surface area contributed by atoms with Gasteiger partial charge in [0.2, 0.25) is 5.75 Å². The molecule has 3 aromatic carbocycles. The van der Waals surface area contributed by atoms with Crippen LogP contribution in [-0.2, 0) is 4.79 Å². The molecule has 1 heterocycles. The molecule has 0 fully saturated rings. The van der Waals surface area contributed by atoms with Crippen LogP contribution in [0.25, 0.3) is 0 Å². The predicted molar refractivity (Wildman–Crippen MR) is 147 cm³/mol. The lowest BCUT2D eigenvalue weighted by molar-refractivity contribution is -0.116. The maximum atomic E-state index is 13.9. The number of hydrogen-bond acceptors (Lipinski definition) is 7. The van der Waals surface area contributed by atoms with Crippen LogP contribution in [0.4, 0.5) is 11.4 Å². The molecule has 0 bridgehead atoms. The molecule has 0 spiro atoms. The molecular formula is C29H29BrN2O5. The fourth-order valence-corrected chi connectivity index (χ4v) is 5.74. The van der Waals surface area contributed by atoms with Crippen LogP contribution in [0.15, 0.2) is 70.3 Å². The summed E-state index contributed by atoms with van der Waals surface area (Å²) in [6.07, 6.45) is 1.02. The summed E-state index contributed by atoms with van der Waals surface area (Å²) in [5.41, 5.74) is 5.46. The van der Waals surface area contributed by atoms with E-state index in [-0.39, 0.29) is 17.7 Å². The van der Waals surface area contributed by atoms with Crippen molar-refractivity contribution in [3.63, 3.8) is 0 Å². The Kier molecular flexibility index (Phi) is 7.02. The minimum atomic E-state index is -0.318. The molecule has 0 amide bonds. The van der Waals surface area contributed by atoms with Crippen LogP contribution in [-0.4, -0.2) is 34.2 Å². The van der Waals surface area contributed by atoms with E-state index in [0.29, 0.717) is 30.1 Å². The Bertz CT molecular complexity index is 1360. The first-order valence-electron chi connectivity index (χ1n) is 12.0. The molecule has 1 aliphatic heterocycles. The predicted octanol–water partition coefficient (Wildman–Crippen LogP) is 6.46. The minimum absolute atomic E-state index is 0.0547. The smallest absolute Gasteiger partial charge is 0.203 e. The minimum Gasteiger partial charge on any atom is -0.496 e. The molecule has 37 heavy (non-hydrogen) atoms. The topological polar surface area (TPSA) is 78.1 Å². The number of anilines is 2. The van der Waals surface area contributed by atoms with Crippen molar-refractivity contribution in [2.24, 2.45) is 0 Å². The summed E-state index contributed by atoms with van der Waals surface area (Å²) in [5.74, 6) is 2.46. The van der Waals surface area contributed by atoms with E-state index in [0.717, 1.165) is 44.0 Å². The molecule has 7 nitrogen and oxygen atoms in total. The molecule has 2 N–H and O–H groups in total. The molecule has 0 saturated carbocycles. The highest BCUT2D eigenvalue weighted by Gasteiger charge is 2.36. The summed E-state index contributed by atoms with van der Waals surface area (Å²) in [6, 6.07) is 17.5. The van der Waals surface area contributed by atoms with Crippen molar-refractivity contribution >= 4 is 33.1 Å². The number of methoxy groups -OCH3 is 4. The maximum absolute atomic E-state index is 13.9. The number of benzene rings is 3. The van der Waals surface area contributed by atoms with Crippen LogP contribution in [0.1, 0.15) is 35.9 Å². The number of carbonyl (C=O) groups excluding carboxylic acids is 1. The van der Waals surface area contributed by atoms with Crippen LogP contribution in [0.5, 0.6) is 23.0 Å². The highest BCUT2D eigenvalue weighted by Crippen LogP contribution is 2.47. The second-order valence-corrected chi connectivity index (χ2v) is 9.88. The molecule has 2 atom stereocenters. The fraction of sp³-hybridized carbons (Fsp3) is 0.276. The van der Waals surface area contributed by atoms with Gasteiger partial charge in [-0.05, 0) is 75.8 Å². The first-order chi connectivity index (χ1) is 18.0. The summed E-state index contributed by atoms with van der Waals surface area (Å²) in [7, 11) is 6.42. The van der Waals surface area contributed by atoms with E-state index in [1.807, 2.05) is 54.6 Å². The van der Waals surface area contributed by atoms with Gasteiger partial charge < -0.3 is 29.6 Å². The number of halogens is 1. The van der Waals surface area contributed by atoms with E-state index < -0.39 is 0 Å². The molecule has 0 aromatic heterocycles. The van der Waals surface area contributed by atoms with Crippen molar-refractivity contribution in [2.75, 3.05) is 39.1 Å². The van der Waals surface area contributed by atoms with E-state index in [9.17, 15) is 4.79 Å². The monoisotopic (exact) mass is 564 g/mol. The normalized spacial score (nSPS) is 18.6. The Balaban J connectivity index is 1.60. The number of fused-ring (bicyclic) bond motifs is 1. The third kappa shape index (κ3) is 4.62. The van der Waals surface area contributed by atoms with Gasteiger partial charge in [0.1, 0.15) is 5.75 Å². The third-order valence-corrected chi connectivity index (χ3v) is 7.60. The van der Waals surface area contributed by atoms with E-state index in [1.165, 1.54) is 0 Å². The van der Waals surface area contributed by atoms with E-state index in [4.69, 9.17) is 18.9 Å². The van der Waals surface area contributed by atoms with Crippen LogP contribution in [0.3, 0.4) is 0 Å². The van der Waals surface area contributed by atoms with E-state index in [1.54, 1.807) is 28.4 Å². The molecule has 1 aliphatic carbocycles. The van der Waals surface area contributed by atoms with Crippen LogP contribution < -0.4 is 29.6 Å². The number of nitrogens with one attached hydrogen (secondary N) is 2. The van der Waals surface area contributed by atoms with Gasteiger partial charge in [-0.3, -0.25) is 4.79 Å². The zero-order chi connectivity index (χ0) is 26.1. The zero-order valence-electron chi connectivity index (χ0n) is 21.2. The standard InChI is InChI=1S/C29H29BrN2O5/c1-34-24-10-9-16(11-19(24)30)28-27-22(31-20-7-5-6-8-21(20)32-28)12-17(13-23(27)33)18-14-25(35-2)29(37-4)26(15-18)36-3/h5-11,14-15,17,28,31-32H,12-13H2,1-4H3/t17-,28+/m1/s1. The van der Waals surface area contributed by atoms with Gasteiger partial charge in [0.05, 0.1) is 50.3 Å². The Morgan fingerprint density at radius 3 is 2.08 bits per heavy atom. The summed E-state index contributed by atoms with van der Waals surface area (Å²) >= 11 is 3.60. The van der Waals surface area contributed by atoms with Gasteiger partial charge in [0.15, 0.2) is 17.3 Å². The van der Waals surface area contributed by atoms with Crippen molar-refractivity contribution in [3.05, 3.63) is 81.5 Å². The number of hydrogen-bond donors (Lipinski definition) is 2. The molecule has 192 valence electrons. The number of rotatable bonds is 6. The molecule has 5 rings (SSSR count). The SMILES string of the molecule is COc1ccc([C@@H]2Nc3ccccc3NC3=C2C(=O)C[C@H](c2cc(OC)c(OC)c(OC)c2)C3)cc1Br.